The third-order valence-electron chi connectivity index (χ3n) is 4.73. The topological polar surface area (TPSA) is 98.0 Å². The molecule has 0 aliphatic carbocycles. The molecule has 0 fully saturated rings. The van der Waals surface area contributed by atoms with Crippen LogP contribution < -0.4 is 0 Å². The molecule has 0 aromatic heterocycles. The molecule has 0 unspecified atom stereocenters. The second kappa shape index (κ2) is 8.48. The van der Waals surface area contributed by atoms with Crippen LogP contribution in [-0.4, -0.2) is 26.4 Å². The van der Waals surface area contributed by atoms with Gasteiger partial charge in [0.2, 0.25) is 0 Å². The number of carbonyl (C=O) groups is 1. The molecule has 0 saturated heterocycles. The molecule has 0 saturated carbocycles. The minimum atomic E-state index is -0.922. The summed E-state index contributed by atoms with van der Waals surface area (Å²) in [6.07, 6.45) is 3.04. The number of hydrogen-bond acceptors (Lipinski definition) is 4. The lowest BCUT2D eigenvalue weighted by atomic mass is 9.98. The van der Waals surface area contributed by atoms with Gasteiger partial charge in [0.1, 0.15) is 0 Å². The van der Waals surface area contributed by atoms with E-state index in [9.17, 15) is 20.1 Å². The highest BCUT2D eigenvalue weighted by Crippen LogP contribution is 2.35. The third-order valence-corrected chi connectivity index (χ3v) is 4.73. The number of hydrogen-bond donors (Lipinski definition) is 4. The first kappa shape index (κ1) is 19.3. The number of aromatic carboxylic acids is 1. The molecule has 0 atom stereocenters. The zero-order valence-corrected chi connectivity index (χ0v) is 15.3. The smallest absolute Gasteiger partial charge is 0.335 e. The summed E-state index contributed by atoms with van der Waals surface area (Å²) in [7, 11) is 0. The summed E-state index contributed by atoms with van der Waals surface area (Å²) in [5.41, 5.74) is 4.46. The summed E-state index contributed by atoms with van der Waals surface area (Å²) in [6.45, 7) is 0. The van der Waals surface area contributed by atoms with Crippen molar-refractivity contribution in [1.82, 2.24) is 0 Å². The monoisotopic (exact) mass is 378 g/mol. The second-order valence-corrected chi connectivity index (χ2v) is 6.80. The van der Waals surface area contributed by atoms with E-state index in [1.807, 2.05) is 24.3 Å². The van der Waals surface area contributed by atoms with Crippen LogP contribution in [0.25, 0.3) is 0 Å². The minimum Gasteiger partial charge on any atom is -0.504 e. The van der Waals surface area contributed by atoms with Gasteiger partial charge in [-0.1, -0.05) is 36.4 Å². The molecule has 0 bridgehead atoms. The van der Waals surface area contributed by atoms with Crippen LogP contribution in [0.4, 0.5) is 0 Å². The molecule has 4 N–H and O–H groups in total. The Morgan fingerprint density at radius 3 is 1.68 bits per heavy atom. The predicted molar refractivity (Wildman–Crippen MR) is 106 cm³/mol. The lowest BCUT2D eigenvalue weighted by molar-refractivity contribution is 0.0697. The predicted octanol–water partition coefficient (Wildman–Crippen LogP) is 4.07. The number of aromatic hydroxyl groups is 3. The summed E-state index contributed by atoms with van der Waals surface area (Å²) in [5.74, 6) is -2.06. The van der Waals surface area contributed by atoms with Gasteiger partial charge in [0, 0.05) is 0 Å². The fourth-order valence-electron chi connectivity index (χ4n) is 3.14. The van der Waals surface area contributed by atoms with Gasteiger partial charge >= 0.3 is 5.97 Å². The highest BCUT2D eigenvalue weighted by Gasteiger charge is 2.08. The van der Waals surface area contributed by atoms with E-state index in [4.69, 9.17) is 5.11 Å². The Kier molecular flexibility index (Phi) is 5.84. The van der Waals surface area contributed by atoms with Crippen LogP contribution in [0.2, 0.25) is 0 Å². The van der Waals surface area contributed by atoms with Crippen molar-refractivity contribution in [3.8, 4) is 17.2 Å². The van der Waals surface area contributed by atoms with E-state index in [2.05, 4.69) is 12.1 Å². The first-order chi connectivity index (χ1) is 13.4. The van der Waals surface area contributed by atoms with Crippen LogP contribution in [0.3, 0.4) is 0 Å². The molecule has 0 aliphatic heterocycles. The normalized spacial score (nSPS) is 10.7. The van der Waals surface area contributed by atoms with Gasteiger partial charge in [-0.3, -0.25) is 0 Å². The Morgan fingerprint density at radius 2 is 1.14 bits per heavy atom. The Labute approximate surface area is 163 Å². The van der Waals surface area contributed by atoms with Gasteiger partial charge in [-0.2, -0.15) is 0 Å². The fourth-order valence-corrected chi connectivity index (χ4v) is 3.14. The molecule has 144 valence electrons. The first-order valence-electron chi connectivity index (χ1n) is 9.06. The van der Waals surface area contributed by atoms with Gasteiger partial charge in [-0.25, -0.2) is 4.79 Å². The van der Waals surface area contributed by atoms with E-state index in [1.54, 1.807) is 12.1 Å². The molecular weight excluding hydrogens is 356 g/mol. The number of aryl methyl sites for hydroxylation is 4. The number of rotatable bonds is 7. The van der Waals surface area contributed by atoms with E-state index < -0.39 is 11.7 Å². The highest BCUT2D eigenvalue weighted by molar-refractivity contribution is 5.87. The van der Waals surface area contributed by atoms with E-state index in [0.29, 0.717) is 6.42 Å². The molecule has 3 aromatic rings. The molecule has 3 aromatic carbocycles. The van der Waals surface area contributed by atoms with Crippen molar-refractivity contribution < 1.29 is 25.2 Å². The maximum Gasteiger partial charge on any atom is 0.335 e. The van der Waals surface area contributed by atoms with Crippen molar-refractivity contribution in [2.24, 2.45) is 0 Å². The molecule has 0 heterocycles. The summed E-state index contributed by atoms with van der Waals surface area (Å²) >= 11 is 0. The molecule has 0 amide bonds. The van der Waals surface area contributed by atoms with Crippen molar-refractivity contribution >= 4 is 5.97 Å². The van der Waals surface area contributed by atoms with E-state index in [-0.39, 0.29) is 17.1 Å². The van der Waals surface area contributed by atoms with E-state index in [0.717, 1.165) is 36.0 Å². The highest BCUT2D eigenvalue weighted by atomic mass is 16.4. The number of benzene rings is 3. The van der Waals surface area contributed by atoms with Gasteiger partial charge in [0.15, 0.2) is 17.2 Å². The second-order valence-electron chi connectivity index (χ2n) is 6.80. The van der Waals surface area contributed by atoms with Gasteiger partial charge < -0.3 is 20.4 Å². The summed E-state index contributed by atoms with van der Waals surface area (Å²) in [6, 6.07) is 18.1. The van der Waals surface area contributed by atoms with Crippen LogP contribution in [-0.2, 0) is 25.7 Å². The van der Waals surface area contributed by atoms with Crippen molar-refractivity contribution in [1.29, 1.82) is 0 Å². The standard InChI is InChI=1S/C23H22O5/c24-20-13-18(14-21(25)22(20)26)7-6-17-3-1-2-16(12-17)5-4-15-8-10-19(11-9-15)23(27)28/h1-3,8-14,24-26H,4-7H2,(H,27,28). The molecular formula is C23H22O5. The molecule has 5 heteroatoms. The first-order valence-corrected chi connectivity index (χ1v) is 9.06. The SMILES string of the molecule is O=C(O)c1ccc(CCc2cccc(CCc3cc(O)c(O)c(O)c3)c2)cc1. The molecule has 5 nitrogen and oxygen atoms in total. The average Bonchev–Trinajstić information content (AvgIpc) is 2.69. The molecule has 28 heavy (non-hydrogen) atoms. The molecule has 0 spiro atoms. The maximum atomic E-state index is 10.9. The Morgan fingerprint density at radius 1 is 0.643 bits per heavy atom. The van der Waals surface area contributed by atoms with Gasteiger partial charge in [-0.15, -0.1) is 0 Å². The van der Waals surface area contributed by atoms with Crippen LogP contribution in [0.15, 0.2) is 60.7 Å². The average molecular weight is 378 g/mol. The van der Waals surface area contributed by atoms with Gasteiger partial charge in [0.05, 0.1) is 5.56 Å². The van der Waals surface area contributed by atoms with Gasteiger partial charge in [0.25, 0.3) is 0 Å². The van der Waals surface area contributed by atoms with E-state index in [1.165, 1.54) is 17.7 Å². The Hall–Kier alpha value is -3.47. The van der Waals surface area contributed by atoms with Crippen LogP contribution >= 0.6 is 0 Å². The van der Waals surface area contributed by atoms with Crippen LogP contribution in [0.5, 0.6) is 17.2 Å². The zero-order chi connectivity index (χ0) is 20.1. The summed E-state index contributed by atoms with van der Waals surface area (Å²) in [4.78, 5) is 10.9. The maximum absolute atomic E-state index is 10.9. The van der Waals surface area contributed by atoms with Crippen LogP contribution in [0, 0.1) is 0 Å². The Balaban J connectivity index is 1.60. The number of carboxylic acids is 1. The molecule has 3 rings (SSSR count). The minimum absolute atomic E-state index is 0.289. The fraction of sp³-hybridized carbons (Fsp3) is 0.174. The van der Waals surface area contributed by atoms with Crippen molar-refractivity contribution in [2.75, 3.05) is 0 Å². The molecule has 0 aliphatic rings. The third kappa shape index (κ3) is 4.82. The summed E-state index contributed by atoms with van der Waals surface area (Å²) < 4.78 is 0. The van der Waals surface area contributed by atoms with Crippen molar-refractivity contribution in [3.05, 3.63) is 88.5 Å². The van der Waals surface area contributed by atoms with Crippen molar-refractivity contribution in [2.45, 2.75) is 25.7 Å². The lowest BCUT2D eigenvalue weighted by Gasteiger charge is -2.08. The number of phenols is 3. The zero-order valence-electron chi connectivity index (χ0n) is 15.3. The quantitative estimate of drug-likeness (QED) is 0.465. The van der Waals surface area contributed by atoms with Gasteiger partial charge in [-0.05, 0) is 72.2 Å². The lowest BCUT2D eigenvalue weighted by Crippen LogP contribution is -1.98. The number of carboxylic acid groups (broad SMARTS) is 1. The van der Waals surface area contributed by atoms with Crippen molar-refractivity contribution in [3.63, 3.8) is 0 Å². The largest absolute Gasteiger partial charge is 0.504 e. The number of phenolic OH excluding ortho intramolecular Hbond substituents is 3. The molecule has 0 radical (unpaired) electrons. The van der Waals surface area contributed by atoms with E-state index >= 15 is 0 Å². The summed E-state index contributed by atoms with van der Waals surface area (Å²) in [5, 5.41) is 37.6. The van der Waals surface area contributed by atoms with Crippen LogP contribution in [0.1, 0.15) is 32.6 Å². The Bertz CT molecular complexity index is 954.